The molecule has 0 saturated carbocycles. The average molecular weight is 443 g/mol. The van der Waals surface area contributed by atoms with Gasteiger partial charge in [0.1, 0.15) is 6.33 Å². The third-order valence-electron chi connectivity index (χ3n) is 4.33. The predicted octanol–water partition coefficient (Wildman–Crippen LogP) is 3.14. The fourth-order valence-corrected chi connectivity index (χ4v) is 2.87. The minimum absolute atomic E-state index is 0.305. The number of rotatable bonds is 5. The number of carbonyl (C=O) groups is 1. The third kappa shape index (κ3) is 4.55. The van der Waals surface area contributed by atoms with Crippen molar-refractivity contribution < 1.29 is 18.0 Å². The third-order valence-corrected chi connectivity index (χ3v) is 4.33. The van der Waals surface area contributed by atoms with Gasteiger partial charge in [-0.3, -0.25) is 0 Å². The molecule has 1 atom stereocenters. The number of urea groups is 1. The van der Waals surface area contributed by atoms with E-state index in [1.165, 1.54) is 17.1 Å². The van der Waals surface area contributed by atoms with Crippen LogP contribution in [0, 0.1) is 0 Å². The van der Waals surface area contributed by atoms with Crippen LogP contribution in [0.25, 0.3) is 11.6 Å². The molecule has 0 aliphatic heterocycles. The molecule has 1 aromatic carbocycles. The standard InChI is InChI=1S/C19H16F3N9O/c1-12(16-25-11-27-31(16)17-23-6-3-7-24-17)28-18(32)29-14-4-2-5-15(8-14)30-10-13(9-26-30)19(20,21)22/h2-12H,1H3,(H2,28,29,32). The summed E-state index contributed by atoms with van der Waals surface area (Å²) < 4.78 is 40.9. The normalized spacial score (nSPS) is 12.4. The maximum atomic E-state index is 12.8. The first-order chi connectivity index (χ1) is 15.3. The molecule has 3 aromatic heterocycles. The molecular formula is C19H16F3N9O. The van der Waals surface area contributed by atoms with Crippen molar-refractivity contribution >= 4 is 11.7 Å². The van der Waals surface area contributed by atoms with Gasteiger partial charge in [0.05, 0.1) is 23.5 Å². The number of benzene rings is 1. The summed E-state index contributed by atoms with van der Waals surface area (Å²) in [5.41, 5.74) is -0.148. The van der Waals surface area contributed by atoms with Crippen LogP contribution in [0.3, 0.4) is 0 Å². The van der Waals surface area contributed by atoms with Crippen molar-refractivity contribution in [2.45, 2.75) is 19.1 Å². The van der Waals surface area contributed by atoms with E-state index in [1.807, 2.05) is 0 Å². The molecule has 3 heterocycles. The van der Waals surface area contributed by atoms with Gasteiger partial charge >= 0.3 is 12.2 Å². The van der Waals surface area contributed by atoms with Crippen LogP contribution in [-0.2, 0) is 6.18 Å². The van der Waals surface area contributed by atoms with Crippen LogP contribution in [0.5, 0.6) is 0 Å². The Morgan fingerprint density at radius 2 is 1.88 bits per heavy atom. The Bertz CT molecular complexity index is 1220. The predicted molar refractivity (Wildman–Crippen MR) is 106 cm³/mol. The number of hydrogen-bond acceptors (Lipinski definition) is 6. The van der Waals surface area contributed by atoms with Gasteiger partial charge in [0, 0.05) is 24.3 Å². The maximum Gasteiger partial charge on any atom is 0.419 e. The average Bonchev–Trinajstić information content (AvgIpc) is 3.44. The van der Waals surface area contributed by atoms with E-state index < -0.39 is 23.8 Å². The van der Waals surface area contributed by atoms with E-state index in [2.05, 4.69) is 35.8 Å². The topological polar surface area (TPSA) is 115 Å². The van der Waals surface area contributed by atoms with Gasteiger partial charge in [0.15, 0.2) is 5.82 Å². The molecule has 10 nitrogen and oxygen atoms in total. The molecule has 4 rings (SSSR count). The van der Waals surface area contributed by atoms with E-state index in [9.17, 15) is 18.0 Å². The van der Waals surface area contributed by atoms with Crippen molar-refractivity contribution in [1.82, 2.24) is 39.8 Å². The van der Waals surface area contributed by atoms with E-state index in [1.54, 1.807) is 43.6 Å². The molecule has 0 aliphatic carbocycles. The van der Waals surface area contributed by atoms with Crippen LogP contribution in [0.2, 0.25) is 0 Å². The SMILES string of the molecule is CC(NC(=O)Nc1cccc(-n2cc(C(F)(F)F)cn2)c1)c1ncnn1-c1ncccn1. The summed E-state index contributed by atoms with van der Waals surface area (Å²) >= 11 is 0. The van der Waals surface area contributed by atoms with Crippen molar-refractivity contribution in [1.29, 1.82) is 0 Å². The number of aromatic nitrogens is 7. The number of anilines is 1. The minimum atomic E-state index is -4.49. The molecule has 0 radical (unpaired) electrons. The molecule has 32 heavy (non-hydrogen) atoms. The van der Waals surface area contributed by atoms with Crippen LogP contribution in [-0.4, -0.2) is 40.5 Å². The first-order valence-electron chi connectivity index (χ1n) is 9.28. The summed E-state index contributed by atoms with van der Waals surface area (Å²) in [6.07, 6.45) is 1.56. The van der Waals surface area contributed by atoms with Crippen molar-refractivity contribution in [2.24, 2.45) is 0 Å². The van der Waals surface area contributed by atoms with E-state index in [-0.39, 0.29) is 0 Å². The maximum absolute atomic E-state index is 12.8. The van der Waals surface area contributed by atoms with Crippen molar-refractivity contribution in [3.63, 3.8) is 0 Å². The van der Waals surface area contributed by atoms with Crippen LogP contribution < -0.4 is 10.6 Å². The molecule has 164 valence electrons. The number of carbonyl (C=O) groups excluding carboxylic acids is 1. The number of hydrogen-bond donors (Lipinski definition) is 2. The van der Waals surface area contributed by atoms with Crippen LogP contribution in [0.1, 0.15) is 24.4 Å². The quantitative estimate of drug-likeness (QED) is 0.490. The van der Waals surface area contributed by atoms with Gasteiger partial charge in [-0.2, -0.15) is 28.1 Å². The molecular weight excluding hydrogens is 427 g/mol. The highest BCUT2D eigenvalue weighted by atomic mass is 19.4. The summed E-state index contributed by atoms with van der Waals surface area (Å²) in [7, 11) is 0. The Labute approximate surface area is 179 Å². The van der Waals surface area contributed by atoms with Crippen molar-refractivity contribution in [2.75, 3.05) is 5.32 Å². The summed E-state index contributed by atoms with van der Waals surface area (Å²) in [6, 6.07) is 6.82. The van der Waals surface area contributed by atoms with Crippen molar-refractivity contribution in [3.05, 3.63) is 72.8 Å². The van der Waals surface area contributed by atoms with Crippen molar-refractivity contribution in [3.8, 4) is 11.6 Å². The molecule has 0 bridgehead atoms. The summed E-state index contributed by atoms with van der Waals surface area (Å²) in [5.74, 6) is 0.718. The van der Waals surface area contributed by atoms with E-state index in [4.69, 9.17) is 0 Å². The molecule has 2 N–H and O–H groups in total. The lowest BCUT2D eigenvalue weighted by molar-refractivity contribution is -0.137. The summed E-state index contributed by atoms with van der Waals surface area (Å²) in [6.45, 7) is 1.71. The van der Waals surface area contributed by atoms with Gasteiger partial charge in [-0.15, -0.1) is 0 Å². The zero-order chi connectivity index (χ0) is 22.7. The van der Waals surface area contributed by atoms with Gasteiger partial charge < -0.3 is 10.6 Å². The van der Waals surface area contributed by atoms with Gasteiger partial charge in [-0.05, 0) is 31.2 Å². The van der Waals surface area contributed by atoms with Gasteiger partial charge in [0.2, 0.25) is 0 Å². The first-order valence-corrected chi connectivity index (χ1v) is 9.28. The van der Waals surface area contributed by atoms with Crippen LogP contribution >= 0.6 is 0 Å². The number of halogens is 3. The molecule has 0 saturated heterocycles. The Morgan fingerprint density at radius 3 is 2.59 bits per heavy atom. The molecule has 0 aliphatic rings. The van der Waals surface area contributed by atoms with Gasteiger partial charge in [-0.1, -0.05) is 6.07 Å². The Morgan fingerprint density at radius 1 is 1.09 bits per heavy atom. The number of nitrogens with one attached hydrogen (secondary N) is 2. The molecule has 4 aromatic rings. The minimum Gasteiger partial charge on any atom is -0.328 e. The molecule has 1 unspecified atom stereocenters. The lowest BCUT2D eigenvalue weighted by Gasteiger charge is -2.15. The van der Waals surface area contributed by atoms with E-state index >= 15 is 0 Å². The van der Waals surface area contributed by atoms with Crippen LogP contribution in [0.4, 0.5) is 23.7 Å². The zero-order valence-corrected chi connectivity index (χ0v) is 16.5. The van der Waals surface area contributed by atoms with E-state index in [0.29, 0.717) is 23.1 Å². The second-order valence-electron chi connectivity index (χ2n) is 6.62. The monoisotopic (exact) mass is 443 g/mol. The van der Waals surface area contributed by atoms with Gasteiger partial charge in [-0.25, -0.2) is 24.4 Å². The Balaban J connectivity index is 1.45. The lowest BCUT2D eigenvalue weighted by Crippen LogP contribution is -2.32. The lowest BCUT2D eigenvalue weighted by atomic mass is 10.2. The number of amides is 2. The summed E-state index contributed by atoms with van der Waals surface area (Å²) in [4.78, 5) is 24.8. The molecule has 2 amide bonds. The second kappa shape index (κ2) is 8.45. The Kier molecular flexibility index (Phi) is 5.54. The molecule has 13 heteroatoms. The molecule has 0 spiro atoms. The highest BCUT2D eigenvalue weighted by Gasteiger charge is 2.32. The van der Waals surface area contributed by atoms with Crippen LogP contribution in [0.15, 0.2) is 61.4 Å². The van der Waals surface area contributed by atoms with Gasteiger partial charge in [0.25, 0.3) is 5.95 Å². The Hall–Kier alpha value is -4.29. The highest BCUT2D eigenvalue weighted by molar-refractivity contribution is 5.89. The first kappa shape index (κ1) is 21.0. The smallest absolute Gasteiger partial charge is 0.328 e. The van der Waals surface area contributed by atoms with E-state index in [0.717, 1.165) is 17.1 Å². The fraction of sp³-hybridized carbons (Fsp3) is 0.158. The number of nitrogens with zero attached hydrogens (tertiary/aromatic N) is 7. The second-order valence-corrected chi connectivity index (χ2v) is 6.62. The zero-order valence-electron chi connectivity index (χ0n) is 16.5. The highest BCUT2D eigenvalue weighted by Crippen LogP contribution is 2.29. The molecule has 0 fully saturated rings. The fourth-order valence-electron chi connectivity index (χ4n) is 2.87. The number of alkyl halides is 3. The summed E-state index contributed by atoms with van der Waals surface area (Å²) in [5, 5.41) is 13.2. The largest absolute Gasteiger partial charge is 0.419 e.